The number of aromatic nitrogens is 2. The zero-order chi connectivity index (χ0) is 33.1. The summed E-state index contributed by atoms with van der Waals surface area (Å²) in [7, 11) is -11.3. The van der Waals surface area contributed by atoms with Crippen molar-refractivity contribution in [1.29, 1.82) is 0 Å². The number of ether oxygens (including phenoxy) is 3. The van der Waals surface area contributed by atoms with Crippen molar-refractivity contribution < 1.29 is 81.6 Å². The largest absolute Gasteiger partial charge is 0.483 e. The molecule has 0 saturated carbocycles. The van der Waals surface area contributed by atoms with Gasteiger partial charge >= 0.3 is 27.3 Å². The van der Waals surface area contributed by atoms with Gasteiger partial charge in [0.15, 0.2) is 18.6 Å². The van der Waals surface area contributed by atoms with Gasteiger partial charge in [-0.3, -0.25) is 28.2 Å². The molecular formula is C20H31N3O19P2. The summed E-state index contributed by atoms with van der Waals surface area (Å²) < 4.78 is 55.3. The average Bonchev–Trinajstić information content (AvgIpc) is 3.18. The van der Waals surface area contributed by atoms with Gasteiger partial charge < -0.3 is 54.8 Å². The number of carboxylic acid groups (broad SMARTS) is 1. The number of aromatic amines is 1. The first-order valence-electron chi connectivity index (χ1n) is 12.5. The molecule has 24 heteroatoms. The molecule has 1 aromatic rings. The number of nitrogens with zero attached hydrogens (tertiary/aromatic N) is 1. The van der Waals surface area contributed by atoms with Gasteiger partial charge in [0.05, 0.1) is 13.2 Å². The number of carboxylic acids is 1. The lowest BCUT2D eigenvalue weighted by atomic mass is 9.96. The molecule has 9 N–H and O–H groups in total. The van der Waals surface area contributed by atoms with E-state index in [1.165, 1.54) is 0 Å². The Kier molecular flexibility index (Phi) is 11.8. The van der Waals surface area contributed by atoms with Gasteiger partial charge in [0, 0.05) is 19.2 Å². The zero-order valence-corrected chi connectivity index (χ0v) is 24.5. The molecule has 1 amide bonds. The van der Waals surface area contributed by atoms with Gasteiger partial charge in [0.25, 0.3) is 5.56 Å². The molecule has 44 heavy (non-hydrogen) atoms. The highest BCUT2D eigenvalue weighted by Crippen LogP contribution is 2.61. The van der Waals surface area contributed by atoms with E-state index in [1.807, 2.05) is 4.98 Å². The van der Waals surface area contributed by atoms with Crippen LogP contribution in [0.15, 0.2) is 21.9 Å². The minimum absolute atomic E-state index is 0.709. The zero-order valence-electron chi connectivity index (χ0n) is 22.7. The summed E-state index contributed by atoms with van der Waals surface area (Å²) in [6.07, 6.45) is -14.8. The van der Waals surface area contributed by atoms with Crippen LogP contribution in [0.2, 0.25) is 0 Å². The van der Waals surface area contributed by atoms with Crippen LogP contribution in [0.25, 0.3) is 0 Å². The summed E-state index contributed by atoms with van der Waals surface area (Å²) in [5, 5.41) is 51.9. The molecule has 3 unspecified atom stereocenters. The molecule has 1 aromatic heterocycles. The fraction of sp³-hybridized carbons (Fsp3) is 0.700. The summed E-state index contributed by atoms with van der Waals surface area (Å²) >= 11 is 0. The Morgan fingerprint density at radius 2 is 1.75 bits per heavy atom. The highest BCUT2D eigenvalue weighted by molar-refractivity contribution is 7.61. The van der Waals surface area contributed by atoms with Gasteiger partial charge in [-0.25, -0.2) is 18.7 Å². The Morgan fingerprint density at radius 1 is 1.09 bits per heavy atom. The molecule has 250 valence electrons. The van der Waals surface area contributed by atoms with Crippen molar-refractivity contribution in [3.63, 3.8) is 0 Å². The van der Waals surface area contributed by atoms with Gasteiger partial charge in [-0.05, 0) is 6.92 Å². The Morgan fingerprint density at radius 3 is 2.32 bits per heavy atom. The number of aliphatic hydroxyl groups excluding tert-OH is 4. The van der Waals surface area contributed by atoms with Crippen molar-refractivity contribution >= 4 is 27.5 Å². The van der Waals surface area contributed by atoms with E-state index in [1.54, 1.807) is 0 Å². The number of aliphatic carboxylic acids is 1. The number of aliphatic hydroxyl groups is 4. The second-order valence-electron chi connectivity index (χ2n) is 9.51. The maximum atomic E-state index is 12.7. The molecule has 3 rings (SSSR count). The molecule has 22 nitrogen and oxygen atoms in total. The lowest BCUT2D eigenvalue weighted by molar-refractivity contribution is -0.262. The van der Waals surface area contributed by atoms with Crippen molar-refractivity contribution in [1.82, 2.24) is 14.9 Å². The summed E-state index contributed by atoms with van der Waals surface area (Å²) in [5.41, 5.74) is -1.79. The highest BCUT2D eigenvalue weighted by atomic mass is 31.3. The molecule has 2 aliphatic heterocycles. The van der Waals surface area contributed by atoms with Gasteiger partial charge in [0.2, 0.25) is 5.91 Å². The molecule has 0 aromatic carbocycles. The minimum Gasteiger partial charge on any atom is -0.479 e. The molecule has 2 saturated heterocycles. The maximum absolute atomic E-state index is 12.7. The van der Waals surface area contributed by atoms with Crippen molar-refractivity contribution in [2.45, 2.75) is 75.1 Å². The maximum Gasteiger partial charge on any atom is 0.483 e. The first kappa shape index (κ1) is 36.1. The number of nitrogens with one attached hydrogen (secondary N) is 2. The quantitative estimate of drug-likeness (QED) is 0.0893. The van der Waals surface area contributed by atoms with Crippen molar-refractivity contribution in [3.05, 3.63) is 33.1 Å². The molecule has 0 radical (unpaired) electrons. The van der Waals surface area contributed by atoms with Gasteiger partial charge in [-0.1, -0.05) is 0 Å². The highest BCUT2D eigenvalue weighted by Gasteiger charge is 2.52. The first-order chi connectivity index (χ1) is 20.4. The van der Waals surface area contributed by atoms with Gasteiger partial charge in [-0.15, -0.1) is 0 Å². The number of carbonyl (C=O) groups excluding carboxylic acids is 1. The second kappa shape index (κ2) is 14.4. The van der Waals surface area contributed by atoms with E-state index in [2.05, 4.69) is 14.2 Å². The van der Waals surface area contributed by atoms with Crippen LogP contribution in [0, 0.1) is 0 Å². The topological polar surface area (TPSA) is 332 Å². The molecule has 2 fully saturated rings. The molecule has 3 heterocycles. The summed E-state index contributed by atoms with van der Waals surface area (Å²) in [5.74, 6) is -2.35. The Bertz CT molecular complexity index is 1400. The number of rotatable bonds is 13. The van der Waals surface area contributed by atoms with Crippen LogP contribution < -0.4 is 16.6 Å². The number of hydrogen-bond donors (Lipinski definition) is 9. The third-order valence-corrected chi connectivity index (χ3v) is 8.84. The van der Waals surface area contributed by atoms with E-state index >= 15 is 0 Å². The van der Waals surface area contributed by atoms with Crippen LogP contribution in [0.3, 0.4) is 0 Å². The normalized spacial score (nSPS) is 34.0. The number of amides is 1. The minimum atomic E-state index is -5.74. The Labute approximate surface area is 245 Å². The number of H-pyrrole nitrogens is 1. The van der Waals surface area contributed by atoms with Crippen LogP contribution in [0.5, 0.6) is 0 Å². The number of phosphoric acid groups is 2. The van der Waals surface area contributed by atoms with E-state index in [4.69, 9.17) is 18.7 Å². The molecule has 0 spiro atoms. The average molecular weight is 679 g/mol. The smallest absolute Gasteiger partial charge is 0.479 e. The second-order valence-corrected chi connectivity index (χ2v) is 12.5. The predicted octanol–water partition coefficient (Wildman–Crippen LogP) is -4.15. The summed E-state index contributed by atoms with van der Waals surface area (Å²) in [6, 6.07) is -0.828. The number of hydrogen-bond acceptors (Lipinski definition) is 16. The van der Waals surface area contributed by atoms with Gasteiger partial charge in [-0.2, -0.15) is 4.31 Å². The van der Waals surface area contributed by atoms with Crippen LogP contribution >= 0.6 is 15.6 Å². The molecule has 0 aliphatic carbocycles. The van der Waals surface area contributed by atoms with Crippen molar-refractivity contribution in [3.8, 4) is 0 Å². The fourth-order valence-electron chi connectivity index (χ4n) is 4.20. The molecule has 2 aliphatic rings. The Hall–Kier alpha value is -2.40. The SMILES string of the molecule is CC(=O)N[C@H]1[C@H](OP(=O)(O)OP(=O)(O)OC[C@H]2O[C@@H](n3ccc(=O)[nH]c3=O)[C@H](O)[C@@H]2O)O[C@H](CO)[C@@H](O)[C@@H]1OC(C)C(=O)O. The summed E-state index contributed by atoms with van der Waals surface area (Å²) in [4.78, 5) is 68.5. The summed E-state index contributed by atoms with van der Waals surface area (Å²) in [6.45, 7) is -0.00580. The molecular weight excluding hydrogens is 648 g/mol. The standard InChI is InChI=1S/C20H31N3O19P2/c1-7(18(30)31)38-16-12(21-8(2)25)19(40-9(5-24)14(16)28)41-44(35,36)42-43(33,34)37-6-10-13(27)15(29)17(39-10)23-4-3-11(26)22-20(23)32/h3-4,7,9-10,12-17,19,24,27-29H,5-6H2,1-2H3,(H,21,25)(H,30,31)(H,33,34)(H,35,36)(H,22,26,32)/t7?,9-,10-,12-,13-,14-,15-,16-,17-,19+/m1/s1. The van der Waals surface area contributed by atoms with E-state index in [-0.39, 0.29) is 0 Å². The third kappa shape index (κ3) is 8.86. The van der Waals surface area contributed by atoms with E-state index < -0.39 is 113 Å². The lowest BCUT2D eigenvalue weighted by Gasteiger charge is -2.44. The van der Waals surface area contributed by atoms with Crippen molar-refractivity contribution in [2.24, 2.45) is 0 Å². The van der Waals surface area contributed by atoms with Crippen LogP contribution in [0.1, 0.15) is 20.1 Å². The van der Waals surface area contributed by atoms with E-state index in [0.29, 0.717) is 4.57 Å². The van der Waals surface area contributed by atoms with Crippen LogP contribution in [-0.4, -0.2) is 125 Å². The van der Waals surface area contributed by atoms with Crippen LogP contribution in [0.4, 0.5) is 0 Å². The monoisotopic (exact) mass is 679 g/mol. The number of phosphoric ester groups is 2. The van der Waals surface area contributed by atoms with Crippen molar-refractivity contribution in [2.75, 3.05) is 13.2 Å². The van der Waals surface area contributed by atoms with E-state index in [0.717, 1.165) is 26.1 Å². The fourth-order valence-corrected chi connectivity index (χ4v) is 6.36. The van der Waals surface area contributed by atoms with E-state index in [9.17, 15) is 63.6 Å². The third-order valence-electron chi connectivity index (χ3n) is 6.24. The van der Waals surface area contributed by atoms with Gasteiger partial charge in [0.1, 0.15) is 42.7 Å². The lowest BCUT2D eigenvalue weighted by Crippen LogP contribution is -2.65. The Balaban J connectivity index is 1.72. The number of carbonyl (C=O) groups is 2. The molecule has 0 bridgehead atoms. The van der Waals surface area contributed by atoms with Crippen LogP contribution in [-0.2, 0) is 46.3 Å². The predicted molar refractivity (Wildman–Crippen MR) is 136 cm³/mol. The molecule has 12 atom stereocenters. The first-order valence-corrected chi connectivity index (χ1v) is 15.5.